The van der Waals surface area contributed by atoms with Gasteiger partial charge in [0.15, 0.2) is 0 Å². The lowest BCUT2D eigenvalue weighted by molar-refractivity contribution is -0.412. The first kappa shape index (κ1) is 21.8. The first-order valence-corrected chi connectivity index (χ1v) is 11.3. The Morgan fingerprint density at radius 3 is 2.54 bits per heavy atom. The molecule has 7 atom stereocenters. The molecule has 0 aromatic rings. The van der Waals surface area contributed by atoms with Crippen molar-refractivity contribution in [2.24, 2.45) is 28.6 Å². The molecular formula is C24H40O4. The molecule has 28 heavy (non-hydrogen) atoms. The lowest BCUT2D eigenvalue weighted by Crippen LogP contribution is -2.51. The molecular weight excluding hydrogens is 352 g/mol. The number of hydrogen-bond acceptors (Lipinski definition) is 3. The van der Waals surface area contributed by atoms with Gasteiger partial charge in [-0.25, -0.2) is 9.78 Å². The van der Waals surface area contributed by atoms with Crippen molar-refractivity contribution in [1.29, 1.82) is 0 Å². The Kier molecular flexibility index (Phi) is 6.05. The number of aliphatic carboxylic acids is 1. The number of carboxylic acid groups (broad SMARTS) is 1. The van der Waals surface area contributed by atoms with Crippen LogP contribution in [0.3, 0.4) is 0 Å². The Morgan fingerprint density at radius 2 is 1.93 bits per heavy atom. The molecule has 4 heteroatoms. The molecule has 0 amide bonds. The van der Waals surface area contributed by atoms with Crippen LogP contribution in [0.15, 0.2) is 12.2 Å². The quantitative estimate of drug-likeness (QED) is 0.450. The second-order valence-corrected chi connectivity index (χ2v) is 10.7. The monoisotopic (exact) mass is 392 g/mol. The fourth-order valence-corrected chi connectivity index (χ4v) is 6.30. The zero-order valence-electron chi connectivity index (χ0n) is 18.6. The minimum Gasteiger partial charge on any atom is -0.481 e. The van der Waals surface area contributed by atoms with Gasteiger partial charge in [0, 0.05) is 0 Å². The van der Waals surface area contributed by atoms with E-state index in [-0.39, 0.29) is 22.5 Å². The maximum atomic E-state index is 11.2. The van der Waals surface area contributed by atoms with Crippen molar-refractivity contribution in [1.82, 2.24) is 0 Å². The Labute approximate surface area is 171 Å². The fraction of sp³-hybridized carbons (Fsp3) is 0.875. The molecule has 0 aromatic carbocycles. The van der Waals surface area contributed by atoms with Crippen LogP contribution >= 0.6 is 0 Å². The Balaban J connectivity index is 1.67. The third kappa shape index (κ3) is 3.79. The lowest BCUT2D eigenvalue weighted by atomic mass is 9.46. The summed E-state index contributed by atoms with van der Waals surface area (Å²) in [5.41, 5.74) is 1.72. The van der Waals surface area contributed by atoms with E-state index in [1.807, 2.05) is 0 Å². The summed E-state index contributed by atoms with van der Waals surface area (Å²) in [6.07, 6.45) is 9.66. The molecule has 0 spiro atoms. The normalized spacial score (nSPS) is 45.3. The number of fused-ring (bicyclic) bond motifs is 1. The number of allylic oxidation sites excluding steroid dienone is 1. The van der Waals surface area contributed by atoms with Gasteiger partial charge in [-0.05, 0) is 94.3 Å². The number of carboxylic acids is 1. The predicted octanol–water partition coefficient (Wildman–Crippen LogP) is 6.16. The molecule has 0 radical (unpaired) electrons. The first-order chi connectivity index (χ1) is 13.0. The van der Waals surface area contributed by atoms with Gasteiger partial charge in [0.25, 0.3) is 0 Å². The largest absolute Gasteiger partial charge is 0.481 e. The van der Waals surface area contributed by atoms with Crippen LogP contribution in [0.2, 0.25) is 0 Å². The van der Waals surface area contributed by atoms with E-state index in [1.54, 1.807) is 6.92 Å². The van der Waals surface area contributed by atoms with Gasteiger partial charge in [-0.2, -0.15) is 0 Å². The smallest absolute Gasteiger partial charge is 0.308 e. The van der Waals surface area contributed by atoms with Crippen LogP contribution < -0.4 is 0 Å². The molecule has 160 valence electrons. The summed E-state index contributed by atoms with van der Waals surface area (Å²) in [6, 6.07) is 0. The number of rotatable bonds is 5. The van der Waals surface area contributed by atoms with Gasteiger partial charge in [0.2, 0.25) is 0 Å². The van der Waals surface area contributed by atoms with Gasteiger partial charge in [0.1, 0.15) is 11.7 Å². The molecule has 2 aliphatic carbocycles. The molecule has 1 N–H and O–H groups in total. The van der Waals surface area contributed by atoms with Gasteiger partial charge in [0.05, 0.1) is 5.92 Å². The highest BCUT2D eigenvalue weighted by atomic mass is 17.2. The Hall–Kier alpha value is -0.870. The summed E-state index contributed by atoms with van der Waals surface area (Å²) in [7, 11) is 0. The average Bonchev–Trinajstić information content (AvgIpc) is 2.66. The first-order valence-electron chi connectivity index (χ1n) is 11.3. The SMILES string of the molecule is C=C1CCC[C@H]2[C@@](C)(CC[C@]3(C)CC[C@@H]([C@H](C)C(=O)O)OO3)[C@@H](C)CC[C@]12C. The molecule has 1 heterocycles. The summed E-state index contributed by atoms with van der Waals surface area (Å²) < 4.78 is 0. The summed E-state index contributed by atoms with van der Waals surface area (Å²) in [5.74, 6) is 0.0363. The van der Waals surface area contributed by atoms with E-state index in [9.17, 15) is 9.90 Å². The van der Waals surface area contributed by atoms with E-state index in [2.05, 4.69) is 34.3 Å². The van der Waals surface area contributed by atoms with E-state index in [4.69, 9.17) is 9.78 Å². The van der Waals surface area contributed by atoms with E-state index >= 15 is 0 Å². The number of hydrogen-bond donors (Lipinski definition) is 1. The van der Waals surface area contributed by atoms with Crippen LogP contribution in [0.4, 0.5) is 0 Å². The molecule has 2 saturated carbocycles. The maximum Gasteiger partial charge on any atom is 0.308 e. The molecule has 1 aliphatic heterocycles. The molecule has 3 aliphatic rings. The van der Waals surface area contributed by atoms with Gasteiger partial charge < -0.3 is 5.11 Å². The van der Waals surface area contributed by atoms with E-state index < -0.39 is 11.9 Å². The summed E-state index contributed by atoms with van der Waals surface area (Å²) in [4.78, 5) is 22.6. The van der Waals surface area contributed by atoms with Gasteiger partial charge in [-0.15, -0.1) is 0 Å². The number of carbonyl (C=O) groups is 1. The molecule has 0 aromatic heterocycles. The standard InChI is InChI=1S/C24H40O4/c1-16-8-7-9-20-23(16,5)13-10-17(2)24(20,6)15-14-22(4)12-11-19(27-28-22)18(3)21(25)26/h17-20H,1,7-15H2,2-6H3,(H,25,26)/t17-,18-,19-,20+,22-,23+,24-/m0/s1. The van der Waals surface area contributed by atoms with E-state index in [0.717, 1.165) is 25.7 Å². The summed E-state index contributed by atoms with van der Waals surface area (Å²) in [5, 5.41) is 9.21. The zero-order chi connectivity index (χ0) is 20.7. The van der Waals surface area contributed by atoms with E-state index in [0.29, 0.717) is 11.8 Å². The molecule has 1 saturated heterocycles. The van der Waals surface area contributed by atoms with Crippen LogP contribution in [-0.4, -0.2) is 22.8 Å². The lowest BCUT2D eigenvalue weighted by Gasteiger charge is -2.59. The Bertz CT molecular complexity index is 606. The Morgan fingerprint density at radius 1 is 1.21 bits per heavy atom. The average molecular weight is 393 g/mol. The highest BCUT2D eigenvalue weighted by Gasteiger charge is 2.54. The van der Waals surface area contributed by atoms with Gasteiger partial charge >= 0.3 is 5.97 Å². The van der Waals surface area contributed by atoms with Crippen molar-refractivity contribution in [3.8, 4) is 0 Å². The van der Waals surface area contributed by atoms with Crippen LogP contribution in [0.1, 0.15) is 92.4 Å². The van der Waals surface area contributed by atoms with Gasteiger partial charge in [-0.3, -0.25) is 4.79 Å². The van der Waals surface area contributed by atoms with Gasteiger partial charge in [-0.1, -0.05) is 32.9 Å². The van der Waals surface area contributed by atoms with Crippen LogP contribution in [-0.2, 0) is 14.6 Å². The fourth-order valence-electron chi connectivity index (χ4n) is 6.30. The highest BCUT2D eigenvalue weighted by molar-refractivity contribution is 5.70. The van der Waals surface area contributed by atoms with E-state index in [1.165, 1.54) is 37.7 Å². The topological polar surface area (TPSA) is 55.8 Å². The molecule has 0 bridgehead atoms. The van der Waals surface area contributed by atoms with Crippen LogP contribution in [0, 0.1) is 28.6 Å². The third-order valence-corrected chi connectivity index (χ3v) is 9.04. The summed E-state index contributed by atoms with van der Waals surface area (Å²) >= 11 is 0. The third-order valence-electron chi connectivity index (χ3n) is 9.04. The van der Waals surface area contributed by atoms with Crippen LogP contribution in [0.5, 0.6) is 0 Å². The second-order valence-electron chi connectivity index (χ2n) is 10.7. The molecule has 4 nitrogen and oxygen atoms in total. The van der Waals surface area contributed by atoms with Crippen molar-refractivity contribution >= 4 is 5.97 Å². The van der Waals surface area contributed by atoms with Crippen LogP contribution in [0.25, 0.3) is 0 Å². The maximum absolute atomic E-state index is 11.2. The highest BCUT2D eigenvalue weighted by Crippen LogP contribution is 2.63. The van der Waals surface area contributed by atoms with Crippen molar-refractivity contribution in [2.75, 3.05) is 0 Å². The second kappa shape index (κ2) is 7.75. The summed E-state index contributed by atoms with van der Waals surface area (Å²) in [6.45, 7) is 15.7. The van der Waals surface area contributed by atoms with Crippen molar-refractivity contribution < 1.29 is 19.7 Å². The molecule has 3 rings (SSSR count). The molecule has 0 unspecified atom stereocenters. The molecule has 3 fully saturated rings. The zero-order valence-corrected chi connectivity index (χ0v) is 18.6. The van der Waals surface area contributed by atoms with Crippen molar-refractivity contribution in [2.45, 2.75) is 104 Å². The minimum atomic E-state index is -0.822. The minimum absolute atomic E-state index is 0.284. The van der Waals surface area contributed by atoms with Crippen molar-refractivity contribution in [3.63, 3.8) is 0 Å². The van der Waals surface area contributed by atoms with Crippen molar-refractivity contribution in [3.05, 3.63) is 12.2 Å². The predicted molar refractivity (Wildman–Crippen MR) is 111 cm³/mol.